The zero-order chi connectivity index (χ0) is 12.3. The number of methoxy groups -OCH3 is 1. The second-order valence-electron chi connectivity index (χ2n) is 3.54. The lowest BCUT2D eigenvalue weighted by atomic mass is 10.2. The van der Waals surface area contributed by atoms with Crippen molar-refractivity contribution in [2.75, 3.05) is 7.11 Å². The van der Waals surface area contributed by atoms with Crippen molar-refractivity contribution in [3.63, 3.8) is 0 Å². The van der Waals surface area contributed by atoms with Gasteiger partial charge in [-0.3, -0.25) is 0 Å². The molecule has 2 rings (SSSR count). The first-order valence-electron chi connectivity index (χ1n) is 5.13. The highest BCUT2D eigenvalue weighted by Crippen LogP contribution is 2.08. The first-order chi connectivity index (χ1) is 8.22. The molecule has 4 nitrogen and oxygen atoms in total. The maximum Gasteiger partial charge on any atom is 0.356 e. The number of aromatic nitrogens is 2. The van der Waals surface area contributed by atoms with Gasteiger partial charge in [0.1, 0.15) is 5.69 Å². The first kappa shape index (κ1) is 11.6. The van der Waals surface area contributed by atoms with E-state index in [-0.39, 0.29) is 0 Å². The molecule has 1 heterocycles. The Morgan fingerprint density at radius 1 is 1.41 bits per heavy atom. The summed E-state index contributed by atoms with van der Waals surface area (Å²) in [4.78, 5) is 14.4. The van der Waals surface area contributed by atoms with Crippen molar-refractivity contribution in [1.82, 2.24) is 9.55 Å². The number of esters is 1. The van der Waals surface area contributed by atoms with Gasteiger partial charge < -0.3 is 14.3 Å². The highest BCUT2D eigenvalue weighted by atomic mass is 32.1. The number of carbonyl (C=O) groups excluding carboxylic acids is 1. The van der Waals surface area contributed by atoms with Crippen molar-refractivity contribution < 1.29 is 9.53 Å². The van der Waals surface area contributed by atoms with Gasteiger partial charge in [-0.25, -0.2) is 4.79 Å². The Balaban J connectivity index is 2.36. The minimum atomic E-state index is -0.395. The van der Waals surface area contributed by atoms with Gasteiger partial charge in [-0.1, -0.05) is 30.3 Å². The van der Waals surface area contributed by atoms with Gasteiger partial charge in [-0.2, -0.15) is 0 Å². The Labute approximate surface area is 104 Å². The largest absolute Gasteiger partial charge is 0.464 e. The molecule has 0 aliphatic rings. The fourth-order valence-corrected chi connectivity index (χ4v) is 1.81. The van der Waals surface area contributed by atoms with Crippen LogP contribution in [0.2, 0.25) is 0 Å². The predicted molar refractivity (Wildman–Crippen MR) is 66.5 cm³/mol. The molecule has 1 aromatic heterocycles. The van der Waals surface area contributed by atoms with Gasteiger partial charge in [-0.05, 0) is 17.8 Å². The molecule has 0 saturated heterocycles. The van der Waals surface area contributed by atoms with Crippen molar-refractivity contribution in [2.45, 2.75) is 6.54 Å². The fraction of sp³-hybridized carbons (Fsp3) is 0.167. The van der Waals surface area contributed by atoms with E-state index in [2.05, 4.69) is 4.98 Å². The number of hydrogen-bond acceptors (Lipinski definition) is 3. The molecule has 0 radical (unpaired) electrons. The first-order valence-corrected chi connectivity index (χ1v) is 5.53. The number of H-pyrrole nitrogens is 1. The van der Waals surface area contributed by atoms with E-state index in [4.69, 9.17) is 17.0 Å². The molecular formula is C12H12N2O2S. The summed E-state index contributed by atoms with van der Waals surface area (Å²) in [7, 11) is 1.35. The van der Waals surface area contributed by atoms with Crippen molar-refractivity contribution in [3.05, 3.63) is 52.6 Å². The van der Waals surface area contributed by atoms with Gasteiger partial charge in [0, 0.05) is 6.20 Å². The van der Waals surface area contributed by atoms with E-state index in [1.165, 1.54) is 7.11 Å². The third-order valence-corrected chi connectivity index (χ3v) is 2.78. The minimum Gasteiger partial charge on any atom is -0.464 e. The van der Waals surface area contributed by atoms with Crippen molar-refractivity contribution in [1.29, 1.82) is 0 Å². The summed E-state index contributed by atoms with van der Waals surface area (Å²) in [5.41, 5.74) is 1.51. The second-order valence-corrected chi connectivity index (χ2v) is 3.93. The number of ether oxygens (including phenoxy) is 1. The van der Waals surface area contributed by atoms with Gasteiger partial charge in [-0.15, -0.1) is 0 Å². The van der Waals surface area contributed by atoms with Crippen LogP contribution in [0.1, 0.15) is 16.1 Å². The molecule has 1 aromatic carbocycles. The number of nitrogens with zero attached hydrogens (tertiary/aromatic N) is 1. The monoisotopic (exact) mass is 249 g/mol. The van der Waals surface area contributed by atoms with E-state index in [1.807, 2.05) is 30.3 Å². The molecule has 0 aliphatic heterocycles. The molecule has 0 amide bonds. The van der Waals surface area contributed by atoms with Crippen LogP contribution in [0.25, 0.3) is 0 Å². The van der Waals surface area contributed by atoms with Crippen LogP contribution in [0, 0.1) is 4.77 Å². The van der Waals surface area contributed by atoms with Gasteiger partial charge >= 0.3 is 5.97 Å². The predicted octanol–water partition coefficient (Wildman–Crippen LogP) is 2.38. The zero-order valence-corrected chi connectivity index (χ0v) is 10.2. The molecule has 0 unspecified atom stereocenters. The molecule has 17 heavy (non-hydrogen) atoms. The zero-order valence-electron chi connectivity index (χ0n) is 9.34. The highest BCUT2D eigenvalue weighted by molar-refractivity contribution is 7.71. The van der Waals surface area contributed by atoms with Crippen LogP contribution in [0.5, 0.6) is 0 Å². The van der Waals surface area contributed by atoms with Crippen LogP contribution in [0.4, 0.5) is 0 Å². The average molecular weight is 249 g/mol. The number of hydrogen-bond donors (Lipinski definition) is 1. The fourth-order valence-electron chi connectivity index (χ4n) is 1.59. The van der Waals surface area contributed by atoms with Gasteiger partial charge in [0.05, 0.1) is 13.7 Å². The quantitative estimate of drug-likeness (QED) is 0.671. The molecule has 5 heteroatoms. The van der Waals surface area contributed by atoms with Crippen LogP contribution in [-0.4, -0.2) is 22.6 Å². The Morgan fingerprint density at radius 3 is 2.76 bits per heavy atom. The third-order valence-electron chi connectivity index (χ3n) is 2.45. The molecule has 0 bridgehead atoms. The summed E-state index contributed by atoms with van der Waals surface area (Å²) in [5, 5.41) is 0. The summed E-state index contributed by atoms with van der Waals surface area (Å²) < 4.78 is 6.93. The number of nitrogens with one attached hydrogen (secondary N) is 1. The number of aromatic amines is 1. The van der Waals surface area contributed by atoms with Crippen molar-refractivity contribution in [3.8, 4) is 0 Å². The summed E-state index contributed by atoms with van der Waals surface area (Å²) in [6.07, 6.45) is 1.57. The molecular weight excluding hydrogens is 237 g/mol. The van der Waals surface area contributed by atoms with Crippen LogP contribution >= 0.6 is 12.2 Å². The van der Waals surface area contributed by atoms with E-state index >= 15 is 0 Å². The number of imidazole rings is 1. The van der Waals surface area contributed by atoms with Crippen molar-refractivity contribution in [2.24, 2.45) is 0 Å². The van der Waals surface area contributed by atoms with Crippen LogP contribution < -0.4 is 0 Å². The summed E-state index contributed by atoms with van der Waals surface area (Å²) >= 11 is 5.14. The topological polar surface area (TPSA) is 47.0 Å². The Bertz CT molecular complexity index is 572. The molecule has 88 valence electrons. The Morgan fingerprint density at radius 2 is 2.12 bits per heavy atom. The van der Waals surface area contributed by atoms with Gasteiger partial charge in [0.25, 0.3) is 0 Å². The maximum absolute atomic E-state index is 11.5. The Hall–Kier alpha value is -1.88. The number of carbonyl (C=O) groups is 1. The molecule has 0 fully saturated rings. The van der Waals surface area contributed by atoms with E-state index in [1.54, 1.807) is 10.8 Å². The maximum atomic E-state index is 11.5. The van der Waals surface area contributed by atoms with Crippen LogP contribution in [-0.2, 0) is 11.3 Å². The lowest BCUT2D eigenvalue weighted by Gasteiger charge is -2.06. The number of benzene rings is 1. The highest BCUT2D eigenvalue weighted by Gasteiger charge is 2.12. The molecule has 0 atom stereocenters. The Kier molecular flexibility index (Phi) is 3.39. The molecule has 0 spiro atoms. The summed E-state index contributed by atoms with van der Waals surface area (Å²) in [6.45, 7) is 0.549. The smallest absolute Gasteiger partial charge is 0.356 e. The molecule has 1 N–H and O–H groups in total. The van der Waals surface area contributed by atoms with Crippen LogP contribution in [0.3, 0.4) is 0 Å². The third kappa shape index (κ3) is 2.45. The standard InChI is InChI=1S/C12H12N2O2S/c1-16-11(15)10-7-13-12(17)14(10)8-9-5-3-2-4-6-9/h2-7H,8H2,1H3,(H,13,17)/i14+1. The molecule has 0 aliphatic carbocycles. The normalized spacial score (nSPS) is 10.2. The van der Waals surface area contributed by atoms with E-state index in [0.717, 1.165) is 5.56 Å². The summed E-state index contributed by atoms with van der Waals surface area (Å²) in [6, 6.07) is 9.81. The van der Waals surface area contributed by atoms with E-state index in [9.17, 15) is 4.79 Å². The molecule has 0 saturated carbocycles. The van der Waals surface area contributed by atoms with Gasteiger partial charge in [0.2, 0.25) is 0 Å². The SMILES string of the molecule is COC(=O)c1c[nH]c(=S)[15n]1Cc1ccccc1. The average Bonchev–Trinajstić information content (AvgIpc) is 2.72. The second kappa shape index (κ2) is 4.97. The van der Waals surface area contributed by atoms with E-state index in [0.29, 0.717) is 17.0 Å². The lowest BCUT2D eigenvalue weighted by molar-refractivity contribution is 0.0589. The van der Waals surface area contributed by atoms with Crippen LogP contribution in [0.15, 0.2) is 36.5 Å². The molecule has 2 aromatic rings. The van der Waals surface area contributed by atoms with Crippen molar-refractivity contribution >= 4 is 18.2 Å². The number of rotatable bonds is 3. The minimum absolute atomic E-state index is 0.395. The van der Waals surface area contributed by atoms with Gasteiger partial charge in [0.15, 0.2) is 4.77 Å². The van der Waals surface area contributed by atoms with E-state index < -0.39 is 5.97 Å². The lowest BCUT2D eigenvalue weighted by Crippen LogP contribution is -2.11. The summed E-state index contributed by atoms with van der Waals surface area (Å²) in [5.74, 6) is -0.395.